The van der Waals surface area contributed by atoms with Crippen LogP contribution in [0.15, 0.2) is 35.2 Å². The Labute approximate surface area is 127 Å². The van der Waals surface area contributed by atoms with Gasteiger partial charge in [-0.15, -0.1) is 24.2 Å². The van der Waals surface area contributed by atoms with Gasteiger partial charge in [0.25, 0.3) is 0 Å². The number of piperidine rings is 1. The van der Waals surface area contributed by atoms with Crippen molar-refractivity contribution in [2.75, 3.05) is 18.8 Å². The summed E-state index contributed by atoms with van der Waals surface area (Å²) in [5.74, 6) is 1.16. The highest BCUT2D eigenvalue weighted by molar-refractivity contribution is 7.99. The van der Waals surface area contributed by atoms with Gasteiger partial charge in [0.05, 0.1) is 0 Å². The lowest BCUT2D eigenvalue weighted by atomic mass is 9.97. The first-order chi connectivity index (χ1) is 8.77. The molecule has 1 aromatic carbocycles. The molecule has 1 fully saturated rings. The number of likely N-dealkylation sites (tertiary alicyclic amines) is 1. The van der Waals surface area contributed by atoms with E-state index in [-0.39, 0.29) is 12.4 Å². The zero-order valence-electron chi connectivity index (χ0n) is 11.6. The Morgan fingerprint density at radius 2 is 2.05 bits per heavy atom. The molecule has 0 radical (unpaired) electrons. The summed E-state index contributed by atoms with van der Waals surface area (Å²) in [6.07, 6.45) is 3.95. The molecule has 4 heteroatoms. The van der Waals surface area contributed by atoms with E-state index in [4.69, 9.17) is 5.73 Å². The molecule has 1 aromatic rings. The summed E-state index contributed by atoms with van der Waals surface area (Å²) >= 11 is 1.95. The third kappa shape index (κ3) is 5.35. The summed E-state index contributed by atoms with van der Waals surface area (Å²) < 4.78 is 0. The van der Waals surface area contributed by atoms with Crippen LogP contribution in [0.2, 0.25) is 0 Å². The maximum atomic E-state index is 6.09. The van der Waals surface area contributed by atoms with Gasteiger partial charge in [-0.1, -0.05) is 24.6 Å². The number of thioether (sulfide) groups is 1. The zero-order valence-corrected chi connectivity index (χ0v) is 13.3. The lowest BCUT2D eigenvalue weighted by Crippen LogP contribution is -2.49. The van der Waals surface area contributed by atoms with E-state index < -0.39 is 0 Å². The standard InChI is InChI=1S/C15H24N2S.ClH/c1-13(16)15-9-5-6-10-17(15)11-12-18-14-7-3-2-4-8-14;/h2-4,7-8,13,15H,5-6,9-12,16H2,1H3;1H. The summed E-state index contributed by atoms with van der Waals surface area (Å²) in [5.41, 5.74) is 6.09. The largest absolute Gasteiger partial charge is 0.327 e. The third-order valence-corrected chi connectivity index (χ3v) is 4.65. The lowest BCUT2D eigenvalue weighted by Gasteiger charge is -2.37. The van der Waals surface area contributed by atoms with Crippen LogP contribution >= 0.6 is 24.2 Å². The molecule has 0 amide bonds. The average molecular weight is 301 g/mol. The molecule has 0 saturated carbocycles. The van der Waals surface area contributed by atoms with Crippen molar-refractivity contribution >= 4 is 24.2 Å². The van der Waals surface area contributed by atoms with E-state index >= 15 is 0 Å². The number of nitrogens with two attached hydrogens (primary N) is 1. The van der Waals surface area contributed by atoms with Crippen LogP contribution in [0, 0.1) is 0 Å². The van der Waals surface area contributed by atoms with Crippen molar-refractivity contribution in [3.63, 3.8) is 0 Å². The molecule has 2 atom stereocenters. The molecular formula is C15H25ClN2S. The molecule has 1 aliphatic rings. The predicted octanol–water partition coefficient (Wildman–Crippen LogP) is 3.40. The fourth-order valence-corrected chi connectivity index (χ4v) is 3.60. The smallest absolute Gasteiger partial charge is 0.0244 e. The molecule has 0 aromatic heterocycles. The first-order valence-electron chi connectivity index (χ1n) is 6.95. The van der Waals surface area contributed by atoms with Crippen LogP contribution in [0.25, 0.3) is 0 Å². The van der Waals surface area contributed by atoms with Crippen molar-refractivity contribution in [2.24, 2.45) is 5.73 Å². The summed E-state index contributed by atoms with van der Waals surface area (Å²) in [5, 5.41) is 0. The fraction of sp³-hybridized carbons (Fsp3) is 0.600. The number of benzene rings is 1. The molecule has 0 bridgehead atoms. The molecule has 1 heterocycles. The Hall–Kier alpha value is -0.220. The number of rotatable bonds is 5. The molecule has 1 aliphatic heterocycles. The molecule has 2 N–H and O–H groups in total. The number of hydrogen-bond acceptors (Lipinski definition) is 3. The van der Waals surface area contributed by atoms with Gasteiger partial charge in [0, 0.05) is 29.3 Å². The van der Waals surface area contributed by atoms with Crippen molar-refractivity contribution in [3.8, 4) is 0 Å². The van der Waals surface area contributed by atoms with Gasteiger partial charge in [0.2, 0.25) is 0 Å². The molecule has 0 spiro atoms. The van der Waals surface area contributed by atoms with Crippen molar-refractivity contribution in [1.82, 2.24) is 4.90 Å². The minimum absolute atomic E-state index is 0. The second-order valence-corrected chi connectivity index (χ2v) is 6.29. The lowest BCUT2D eigenvalue weighted by molar-refractivity contribution is 0.139. The van der Waals surface area contributed by atoms with Crippen molar-refractivity contribution in [3.05, 3.63) is 30.3 Å². The average Bonchev–Trinajstić information content (AvgIpc) is 2.40. The van der Waals surface area contributed by atoms with E-state index in [1.165, 1.54) is 30.7 Å². The second kappa shape index (κ2) is 8.85. The van der Waals surface area contributed by atoms with Gasteiger partial charge < -0.3 is 5.73 Å². The fourth-order valence-electron chi connectivity index (χ4n) is 2.69. The first kappa shape index (κ1) is 16.8. The Balaban J connectivity index is 0.00000180. The van der Waals surface area contributed by atoms with E-state index in [9.17, 15) is 0 Å². The molecule has 0 aliphatic carbocycles. The van der Waals surface area contributed by atoms with Crippen LogP contribution in [0.5, 0.6) is 0 Å². The van der Waals surface area contributed by atoms with Gasteiger partial charge in [-0.25, -0.2) is 0 Å². The van der Waals surface area contributed by atoms with E-state index in [0.29, 0.717) is 12.1 Å². The molecule has 2 rings (SSSR count). The van der Waals surface area contributed by atoms with E-state index in [1.807, 2.05) is 11.8 Å². The van der Waals surface area contributed by atoms with Crippen LogP contribution in [0.4, 0.5) is 0 Å². The molecule has 2 nitrogen and oxygen atoms in total. The van der Waals surface area contributed by atoms with E-state index in [1.54, 1.807) is 0 Å². The third-order valence-electron chi connectivity index (χ3n) is 3.66. The predicted molar refractivity (Wildman–Crippen MR) is 87.3 cm³/mol. The van der Waals surface area contributed by atoms with Gasteiger partial charge in [-0.2, -0.15) is 0 Å². The quantitative estimate of drug-likeness (QED) is 0.845. The van der Waals surface area contributed by atoms with Gasteiger partial charge >= 0.3 is 0 Å². The molecule has 108 valence electrons. The highest BCUT2D eigenvalue weighted by Gasteiger charge is 2.24. The Morgan fingerprint density at radius 1 is 1.32 bits per heavy atom. The highest BCUT2D eigenvalue weighted by atomic mass is 35.5. The van der Waals surface area contributed by atoms with E-state index in [0.717, 1.165) is 12.3 Å². The summed E-state index contributed by atoms with van der Waals surface area (Å²) in [6.45, 7) is 4.53. The molecular weight excluding hydrogens is 276 g/mol. The highest BCUT2D eigenvalue weighted by Crippen LogP contribution is 2.21. The summed E-state index contributed by atoms with van der Waals surface area (Å²) in [4.78, 5) is 3.95. The molecule has 19 heavy (non-hydrogen) atoms. The maximum absolute atomic E-state index is 6.09. The monoisotopic (exact) mass is 300 g/mol. The minimum atomic E-state index is 0. The zero-order chi connectivity index (χ0) is 12.8. The van der Waals surface area contributed by atoms with Crippen LogP contribution in [0.3, 0.4) is 0 Å². The first-order valence-corrected chi connectivity index (χ1v) is 7.93. The normalized spacial score (nSPS) is 21.7. The van der Waals surface area contributed by atoms with Gasteiger partial charge in [-0.3, -0.25) is 4.90 Å². The van der Waals surface area contributed by atoms with Gasteiger partial charge in [0.15, 0.2) is 0 Å². The molecule has 2 unspecified atom stereocenters. The Kier molecular flexibility index (Phi) is 7.84. The maximum Gasteiger partial charge on any atom is 0.0244 e. The van der Waals surface area contributed by atoms with Crippen LogP contribution < -0.4 is 5.73 Å². The number of halogens is 1. The minimum Gasteiger partial charge on any atom is -0.327 e. The van der Waals surface area contributed by atoms with Crippen LogP contribution in [0.1, 0.15) is 26.2 Å². The Bertz CT molecular complexity index is 345. The second-order valence-electron chi connectivity index (χ2n) is 5.12. The van der Waals surface area contributed by atoms with Crippen molar-refractivity contribution in [2.45, 2.75) is 43.2 Å². The van der Waals surface area contributed by atoms with Gasteiger partial charge in [0.1, 0.15) is 0 Å². The van der Waals surface area contributed by atoms with Crippen molar-refractivity contribution < 1.29 is 0 Å². The van der Waals surface area contributed by atoms with Crippen LogP contribution in [-0.2, 0) is 0 Å². The summed E-state index contributed by atoms with van der Waals surface area (Å²) in [7, 11) is 0. The SMILES string of the molecule is CC(N)C1CCCCN1CCSc1ccccc1.Cl. The Morgan fingerprint density at radius 3 is 2.74 bits per heavy atom. The number of hydrogen-bond donors (Lipinski definition) is 1. The van der Waals surface area contributed by atoms with Crippen molar-refractivity contribution in [1.29, 1.82) is 0 Å². The summed E-state index contributed by atoms with van der Waals surface area (Å²) in [6, 6.07) is 11.5. The number of nitrogens with zero attached hydrogens (tertiary/aromatic N) is 1. The topological polar surface area (TPSA) is 29.3 Å². The van der Waals surface area contributed by atoms with Crippen LogP contribution in [-0.4, -0.2) is 35.8 Å². The molecule has 1 saturated heterocycles. The van der Waals surface area contributed by atoms with E-state index in [2.05, 4.69) is 42.2 Å². The van der Waals surface area contributed by atoms with Gasteiger partial charge in [-0.05, 0) is 38.4 Å².